The molecule has 0 saturated heterocycles. The minimum absolute atomic E-state index is 0.0415. The van der Waals surface area contributed by atoms with E-state index in [0.717, 1.165) is 31.7 Å². The summed E-state index contributed by atoms with van der Waals surface area (Å²) < 4.78 is 27.0. The van der Waals surface area contributed by atoms with Crippen molar-refractivity contribution in [3.63, 3.8) is 0 Å². The molecule has 0 spiro atoms. The van der Waals surface area contributed by atoms with Crippen LogP contribution in [0.3, 0.4) is 0 Å². The van der Waals surface area contributed by atoms with Crippen LogP contribution < -0.4 is 10.6 Å². The summed E-state index contributed by atoms with van der Waals surface area (Å²) in [5.74, 6) is -1.85. The van der Waals surface area contributed by atoms with Crippen molar-refractivity contribution in [1.82, 2.24) is 4.98 Å². The standard InChI is InChI=1S/C13H19F2N3O/c14-10-8-11(15)13(17-12(10)16)18(6-7-19)9-4-2-1-3-5-9/h8-9,19H,1-7H2,(H2,16,17). The molecule has 0 aliphatic heterocycles. The summed E-state index contributed by atoms with van der Waals surface area (Å²) in [7, 11) is 0. The lowest BCUT2D eigenvalue weighted by Crippen LogP contribution is -2.40. The second-order valence-electron chi connectivity index (χ2n) is 4.87. The molecule has 4 nitrogen and oxygen atoms in total. The smallest absolute Gasteiger partial charge is 0.168 e. The predicted molar refractivity (Wildman–Crippen MR) is 69.9 cm³/mol. The molecule has 3 N–H and O–H groups in total. The summed E-state index contributed by atoms with van der Waals surface area (Å²) in [4.78, 5) is 5.52. The minimum atomic E-state index is -0.853. The number of aliphatic hydroxyl groups excluding tert-OH is 1. The van der Waals surface area contributed by atoms with Gasteiger partial charge >= 0.3 is 0 Å². The molecule has 1 aromatic rings. The Morgan fingerprint density at radius 1 is 1.26 bits per heavy atom. The number of aromatic nitrogens is 1. The van der Waals surface area contributed by atoms with Crippen molar-refractivity contribution < 1.29 is 13.9 Å². The molecular weight excluding hydrogens is 252 g/mol. The number of hydrogen-bond acceptors (Lipinski definition) is 4. The Morgan fingerprint density at radius 2 is 1.95 bits per heavy atom. The van der Waals surface area contributed by atoms with Crippen LogP contribution in [0.5, 0.6) is 0 Å². The summed E-state index contributed by atoms with van der Waals surface area (Å²) >= 11 is 0. The third-order valence-electron chi connectivity index (χ3n) is 3.57. The van der Waals surface area contributed by atoms with Crippen LogP contribution >= 0.6 is 0 Å². The van der Waals surface area contributed by atoms with Gasteiger partial charge in [0.2, 0.25) is 0 Å². The van der Waals surface area contributed by atoms with Crippen molar-refractivity contribution in [3.8, 4) is 0 Å². The van der Waals surface area contributed by atoms with E-state index in [0.29, 0.717) is 0 Å². The van der Waals surface area contributed by atoms with Gasteiger partial charge in [-0.1, -0.05) is 19.3 Å². The fourth-order valence-corrected chi connectivity index (χ4v) is 2.63. The Kier molecular flexibility index (Phi) is 4.52. The van der Waals surface area contributed by atoms with Crippen LogP contribution in [-0.2, 0) is 0 Å². The van der Waals surface area contributed by atoms with Crippen molar-refractivity contribution in [3.05, 3.63) is 17.7 Å². The Balaban J connectivity index is 2.29. The van der Waals surface area contributed by atoms with Gasteiger partial charge in [0, 0.05) is 18.7 Å². The average molecular weight is 271 g/mol. The fourth-order valence-electron chi connectivity index (χ4n) is 2.63. The Hall–Kier alpha value is -1.43. The van der Waals surface area contributed by atoms with E-state index in [1.165, 1.54) is 6.42 Å². The van der Waals surface area contributed by atoms with Crippen LogP contribution in [0, 0.1) is 11.6 Å². The van der Waals surface area contributed by atoms with E-state index >= 15 is 0 Å². The minimum Gasteiger partial charge on any atom is -0.395 e. The molecule has 1 heterocycles. The van der Waals surface area contributed by atoms with E-state index in [9.17, 15) is 8.78 Å². The molecule has 0 bridgehead atoms. The van der Waals surface area contributed by atoms with E-state index in [1.807, 2.05) is 0 Å². The molecule has 1 saturated carbocycles. The first kappa shape index (κ1) is 14.0. The number of nitrogen functional groups attached to an aromatic ring is 1. The maximum atomic E-state index is 13.9. The third-order valence-corrected chi connectivity index (χ3v) is 3.57. The highest BCUT2D eigenvalue weighted by Gasteiger charge is 2.25. The number of nitrogens with two attached hydrogens (primary N) is 1. The predicted octanol–water partition coefficient (Wildman–Crippen LogP) is 2.07. The summed E-state index contributed by atoms with van der Waals surface area (Å²) in [5, 5.41) is 9.15. The van der Waals surface area contributed by atoms with Gasteiger partial charge in [0.1, 0.15) is 0 Å². The van der Waals surface area contributed by atoms with Crippen LogP contribution in [0.4, 0.5) is 20.4 Å². The second-order valence-corrected chi connectivity index (χ2v) is 4.87. The first-order valence-electron chi connectivity index (χ1n) is 6.62. The van der Waals surface area contributed by atoms with Crippen LogP contribution in [-0.4, -0.2) is 29.3 Å². The lowest BCUT2D eigenvalue weighted by molar-refractivity contribution is 0.288. The monoisotopic (exact) mass is 271 g/mol. The third kappa shape index (κ3) is 3.12. The molecule has 0 unspecified atom stereocenters. The number of aliphatic hydroxyl groups is 1. The van der Waals surface area contributed by atoms with Gasteiger partial charge in [0.15, 0.2) is 23.3 Å². The lowest BCUT2D eigenvalue weighted by atomic mass is 9.94. The normalized spacial score (nSPS) is 16.6. The van der Waals surface area contributed by atoms with Crippen molar-refractivity contribution >= 4 is 11.6 Å². The van der Waals surface area contributed by atoms with Gasteiger partial charge in [0.25, 0.3) is 0 Å². The molecule has 1 aromatic heterocycles. The highest BCUT2D eigenvalue weighted by atomic mass is 19.1. The fraction of sp³-hybridized carbons (Fsp3) is 0.615. The Morgan fingerprint density at radius 3 is 2.58 bits per heavy atom. The lowest BCUT2D eigenvalue weighted by Gasteiger charge is -2.35. The van der Waals surface area contributed by atoms with E-state index in [2.05, 4.69) is 4.98 Å². The summed E-state index contributed by atoms with van der Waals surface area (Å²) in [6.07, 6.45) is 5.18. The van der Waals surface area contributed by atoms with Crippen molar-refractivity contribution in [2.24, 2.45) is 0 Å². The summed E-state index contributed by atoms with van der Waals surface area (Å²) in [6, 6.07) is 0.887. The molecule has 2 rings (SSSR count). The zero-order chi connectivity index (χ0) is 13.8. The SMILES string of the molecule is Nc1nc(N(CCO)C2CCCCC2)c(F)cc1F. The maximum Gasteiger partial charge on any atom is 0.168 e. The van der Waals surface area contributed by atoms with Gasteiger partial charge in [0.05, 0.1) is 6.61 Å². The van der Waals surface area contributed by atoms with Crippen LogP contribution in [0.25, 0.3) is 0 Å². The van der Waals surface area contributed by atoms with Gasteiger partial charge < -0.3 is 15.7 Å². The van der Waals surface area contributed by atoms with E-state index in [1.54, 1.807) is 4.90 Å². The second kappa shape index (κ2) is 6.14. The molecule has 1 aliphatic carbocycles. The van der Waals surface area contributed by atoms with Gasteiger partial charge in [-0.3, -0.25) is 0 Å². The van der Waals surface area contributed by atoms with Crippen molar-refractivity contribution in [1.29, 1.82) is 0 Å². The molecule has 0 atom stereocenters. The summed E-state index contributed by atoms with van der Waals surface area (Å²) in [6.45, 7) is 0.175. The van der Waals surface area contributed by atoms with E-state index in [4.69, 9.17) is 10.8 Å². The van der Waals surface area contributed by atoms with Crippen molar-refractivity contribution in [2.45, 2.75) is 38.1 Å². The zero-order valence-corrected chi connectivity index (χ0v) is 10.8. The van der Waals surface area contributed by atoms with Crippen molar-refractivity contribution in [2.75, 3.05) is 23.8 Å². The molecule has 1 fully saturated rings. The quantitative estimate of drug-likeness (QED) is 0.880. The molecular formula is C13H19F2N3O. The number of nitrogens with zero attached hydrogens (tertiary/aromatic N) is 2. The molecule has 1 aliphatic rings. The zero-order valence-electron chi connectivity index (χ0n) is 10.8. The molecule has 6 heteroatoms. The molecule has 0 radical (unpaired) electrons. The number of pyridine rings is 1. The molecule has 106 valence electrons. The van der Waals surface area contributed by atoms with Gasteiger partial charge in [-0.25, -0.2) is 13.8 Å². The topological polar surface area (TPSA) is 62.4 Å². The van der Waals surface area contributed by atoms with E-state index in [-0.39, 0.29) is 30.8 Å². The van der Waals surface area contributed by atoms with Crippen LogP contribution in [0.1, 0.15) is 32.1 Å². The van der Waals surface area contributed by atoms with Gasteiger partial charge in [-0.05, 0) is 12.8 Å². The van der Waals surface area contributed by atoms with Gasteiger partial charge in [-0.15, -0.1) is 0 Å². The van der Waals surface area contributed by atoms with Gasteiger partial charge in [-0.2, -0.15) is 0 Å². The van der Waals surface area contributed by atoms with E-state index < -0.39 is 11.6 Å². The Bertz CT molecular complexity index is 436. The maximum absolute atomic E-state index is 13.9. The average Bonchev–Trinajstić information content (AvgIpc) is 2.42. The highest BCUT2D eigenvalue weighted by molar-refractivity contribution is 5.48. The highest BCUT2D eigenvalue weighted by Crippen LogP contribution is 2.28. The first-order valence-corrected chi connectivity index (χ1v) is 6.62. The molecule has 0 aromatic carbocycles. The first-order chi connectivity index (χ1) is 9.13. The van der Waals surface area contributed by atoms with Crippen LogP contribution in [0.2, 0.25) is 0 Å². The molecule has 19 heavy (non-hydrogen) atoms. The number of hydrogen-bond donors (Lipinski definition) is 2. The number of anilines is 2. The van der Waals surface area contributed by atoms with Crippen LogP contribution in [0.15, 0.2) is 6.07 Å². The summed E-state index contributed by atoms with van der Waals surface area (Å²) in [5.41, 5.74) is 5.41. The largest absolute Gasteiger partial charge is 0.395 e. The molecule has 0 amide bonds. The number of halogens is 2. The Labute approximate surface area is 111 Å². The number of rotatable bonds is 4.